The molecule has 0 aromatic carbocycles. The maximum atomic E-state index is 13.8. The Hall–Kier alpha value is -2.41. The van der Waals surface area contributed by atoms with Gasteiger partial charge >= 0.3 is 0 Å². The van der Waals surface area contributed by atoms with Crippen LogP contribution in [0.25, 0.3) is 10.2 Å². The molecule has 0 unspecified atom stereocenters. The number of rotatable bonds is 4. The molecule has 0 saturated heterocycles. The summed E-state index contributed by atoms with van der Waals surface area (Å²) < 4.78 is 7.37. The number of amides is 1. The lowest BCUT2D eigenvalue weighted by atomic mass is 9.93. The molecule has 0 atom stereocenters. The summed E-state index contributed by atoms with van der Waals surface area (Å²) in [4.78, 5) is 35.0. The SMILES string of the molecule is Cc1c(C(=O)N(Cc2ccco2)C2CCCCC2)sc2nc3n(c(=O)c12)CCCC3. The molecule has 2 aliphatic rings. The largest absolute Gasteiger partial charge is 0.467 e. The number of nitrogens with zero attached hydrogens (tertiary/aromatic N) is 3. The van der Waals surface area contributed by atoms with Gasteiger partial charge in [-0.05, 0) is 50.3 Å². The van der Waals surface area contributed by atoms with E-state index in [2.05, 4.69) is 0 Å². The van der Waals surface area contributed by atoms with Crippen molar-refractivity contribution >= 4 is 27.5 Å². The van der Waals surface area contributed by atoms with E-state index in [4.69, 9.17) is 9.40 Å². The molecule has 7 heteroatoms. The highest BCUT2D eigenvalue weighted by atomic mass is 32.1. The van der Waals surface area contributed by atoms with E-state index in [1.807, 2.05) is 28.5 Å². The van der Waals surface area contributed by atoms with E-state index >= 15 is 0 Å². The summed E-state index contributed by atoms with van der Waals surface area (Å²) in [6.07, 6.45) is 10.1. The van der Waals surface area contributed by atoms with Crippen molar-refractivity contribution in [1.82, 2.24) is 14.5 Å². The van der Waals surface area contributed by atoms with Gasteiger partial charge in [-0.25, -0.2) is 4.98 Å². The third-order valence-corrected chi connectivity index (χ3v) is 7.71. The molecule has 3 aromatic rings. The number of aryl methyl sites for hydroxylation is 2. The number of carbonyl (C=O) groups is 1. The lowest BCUT2D eigenvalue weighted by molar-refractivity contribution is 0.0601. The first-order chi connectivity index (χ1) is 14.6. The summed E-state index contributed by atoms with van der Waals surface area (Å²) >= 11 is 1.38. The second-order valence-corrected chi connectivity index (χ2v) is 9.48. The van der Waals surface area contributed by atoms with Crippen LogP contribution >= 0.6 is 11.3 Å². The molecule has 0 bridgehead atoms. The second kappa shape index (κ2) is 8.02. The maximum absolute atomic E-state index is 13.8. The van der Waals surface area contributed by atoms with Crippen molar-refractivity contribution in [3.63, 3.8) is 0 Å². The molecule has 5 rings (SSSR count). The van der Waals surface area contributed by atoms with Crippen molar-refractivity contribution in [1.29, 1.82) is 0 Å². The van der Waals surface area contributed by atoms with E-state index in [-0.39, 0.29) is 17.5 Å². The van der Waals surface area contributed by atoms with Crippen molar-refractivity contribution in [3.05, 3.63) is 50.8 Å². The Morgan fingerprint density at radius 1 is 1.27 bits per heavy atom. The average molecular weight is 426 g/mol. The van der Waals surface area contributed by atoms with E-state index in [9.17, 15) is 9.59 Å². The fraction of sp³-hybridized carbons (Fsp3) is 0.522. The predicted octanol–water partition coefficient (Wildman–Crippen LogP) is 4.67. The number of hydrogen-bond donors (Lipinski definition) is 0. The molecule has 1 amide bonds. The lowest BCUT2D eigenvalue weighted by Crippen LogP contribution is -2.40. The molecule has 0 N–H and O–H groups in total. The predicted molar refractivity (Wildman–Crippen MR) is 117 cm³/mol. The number of aromatic nitrogens is 2. The fourth-order valence-corrected chi connectivity index (χ4v) is 6.04. The summed E-state index contributed by atoms with van der Waals surface area (Å²) in [6, 6.07) is 3.99. The molecule has 1 aliphatic heterocycles. The van der Waals surface area contributed by atoms with Crippen LogP contribution in [0.2, 0.25) is 0 Å². The molecular formula is C23H27N3O3S. The zero-order chi connectivity index (χ0) is 20.7. The fourth-order valence-electron chi connectivity index (χ4n) is 4.90. The Bertz CT molecular complexity index is 1120. The Kier molecular flexibility index (Phi) is 5.23. The van der Waals surface area contributed by atoms with Crippen molar-refractivity contribution in [3.8, 4) is 0 Å². The van der Waals surface area contributed by atoms with E-state index in [1.54, 1.807) is 6.26 Å². The first-order valence-electron chi connectivity index (χ1n) is 11.0. The van der Waals surface area contributed by atoms with E-state index in [0.29, 0.717) is 21.6 Å². The highest BCUT2D eigenvalue weighted by Crippen LogP contribution is 2.32. The molecule has 1 saturated carbocycles. The molecule has 30 heavy (non-hydrogen) atoms. The van der Waals surface area contributed by atoms with E-state index < -0.39 is 0 Å². The Labute approximate surface area is 179 Å². The van der Waals surface area contributed by atoms with Crippen molar-refractivity contribution in [2.75, 3.05) is 0 Å². The maximum Gasteiger partial charge on any atom is 0.264 e. The van der Waals surface area contributed by atoms with Crippen LogP contribution in [0.4, 0.5) is 0 Å². The van der Waals surface area contributed by atoms with Gasteiger partial charge in [0.15, 0.2) is 0 Å². The van der Waals surface area contributed by atoms with Gasteiger partial charge in [0, 0.05) is 19.0 Å². The molecule has 4 heterocycles. The topological polar surface area (TPSA) is 68.3 Å². The highest BCUT2D eigenvalue weighted by molar-refractivity contribution is 7.20. The van der Waals surface area contributed by atoms with Crippen LogP contribution in [0.1, 0.15) is 71.8 Å². The second-order valence-electron chi connectivity index (χ2n) is 8.48. The first kappa shape index (κ1) is 19.5. The van der Waals surface area contributed by atoms with Gasteiger partial charge in [-0.15, -0.1) is 11.3 Å². The van der Waals surface area contributed by atoms with Crippen LogP contribution in [0.3, 0.4) is 0 Å². The van der Waals surface area contributed by atoms with E-state index in [1.165, 1.54) is 17.8 Å². The molecular weight excluding hydrogens is 398 g/mol. The van der Waals surface area contributed by atoms with Gasteiger partial charge in [0.25, 0.3) is 11.5 Å². The van der Waals surface area contributed by atoms with Crippen LogP contribution in [0.5, 0.6) is 0 Å². The van der Waals surface area contributed by atoms with Crippen LogP contribution in [0.15, 0.2) is 27.6 Å². The molecule has 3 aromatic heterocycles. The highest BCUT2D eigenvalue weighted by Gasteiger charge is 2.31. The van der Waals surface area contributed by atoms with Crippen LogP contribution < -0.4 is 5.56 Å². The van der Waals surface area contributed by atoms with Crippen LogP contribution in [-0.4, -0.2) is 26.4 Å². The summed E-state index contributed by atoms with van der Waals surface area (Å²) in [5.74, 6) is 1.65. The molecule has 1 aliphatic carbocycles. The van der Waals surface area contributed by atoms with Gasteiger partial charge in [-0.3, -0.25) is 14.2 Å². The van der Waals surface area contributed by atoms with Gasteiger partial charge in [0.2, 0.25) is 0 Å². The third-order valence-electron chi connectivity index (χ3n) is 6.54. The number of furan rings is 1. The Morgan fingerprint density at radius 3 is 2.87 bits per heavy atom. The van der Waals surface area contributed by atoms with Gasteiger partial charge in [0.05, 0.1) is 23.1 Å². The monoisotopic (exact) mass is 425 g/mol. The summed E-state index contributed by atoms with van der Waals surface area (Å²) in [5.41, 5.74) is 0.788. The molecule has 6 nitrogen and oxygen atoms in total. The first-order valence-corrected chi connectivity index (χ1v) is 11.8. The zero-order valence-corrected chi connectivity index (χ0v) is 18.2. The molecule has 158 valence electrons. The van der Waals surface area contributed by atoms with Crippen molar-refractivity contribution in [2.45, 2.75) is 77.4 Å². The zero-order valence-electron chi connectivity index (χ0n) is 17.4. The minimum absolute atomic E-state index is 0.00109. The normalized spacial score (nSPS) is 17.2. The molecule has 0 spiro atoms. The average Bonchev–Trinajstić information content (AvgIpc) is 3.40. The van der Waals surface area contributed by atoms with Crippen LogP contribution in [0, 0.1) is 6.92 Å². The van der Waals surface area contributed by atoms with Gasteiger partial charge in [-0.2, -0.15) is 0 Å². The van der Waals surface area contributed by atoms with Gasteiger partial charge in [0.1, 0.15) is 16.4 Å². The molecule has 0 radical (unpaired) electrons. The number of carbonyl (C=O) groups excluding carboxylic acids is 1. The number of thiophene rings is 1. The summed E-state index contributed by atoms with van der Waals surface area (Å²) in [5, 5.41) is 0.621. The van der Waals surface area contributed by atoms with Crippen LogP contribution in [-0.2, 0) is 19.5 Å². The van der Waals surface area contributed by atoms with Crippen molar-refractivity contribution in [2.24, 2.45) is 0 Å². The minimum Gasteiger partial charge on any atom is -0.467 e. The minimum atomic E-state index is 0.00109. The molecule has 1 fully saturated rings. The smallest absolute Gasteiger partial charge is 0.264 e. The standard InChI is InChI=1S/C23H27N3O3S/c1-15-19-21(24-18-11-5-6-12-25(18)22(19)27)30-20(15)23(28)26(14-17-10-7-13-29-17)16-8-3-2-4-9-16/h7,10,13,16H,2-6,8-9,11-12,14H2,1H3. The number of hydrogen-bond acceptors (Lipinski definition) is 5. The quantitative estimate of drug-likeness (QED) is 0.609. The van der Waals surface area contributed by atoms with Gasteiger partial charge in [-0.1, -0.05) is 19.3 Å². The summed E-state index contributed by atoms with van der Waals surface area (Å²) in [7, 11) is 0. The third kappa shape index (κ3) is 3.39. The lowest BCUT2D eigenvalue weighted by Gasteiger charge is -2.33. The Balaban J connectivity index is 1.56. The Morgan fingerprint density at radius 2 is 2.10 bits per heavy atom. The summed E-state index contributed by atoms with van der Waals surface area (Å²) in [6.45, 7) is 3.09. The van der Waals surface area contributed by atoms with Crippen molar-refractivity contribution < 1.29 is 9.21 Å². The van der Waals surface area contributed by atoms with E-state index in [0.717, 1.165) is 68.6 Å². The van der Waals surface area contributed by atoms with Gasteiger partial charge < -0.3 is 9.32 Å². The number of fused-ring (bicyclic) bond motifs is 2.